The molecule has 0 unspecified atom stereocenters. The molecular formula is C16H14ClN3S. The summed E-state index contributed by atoms with van der Waals surface area (Å²) in [4.78, 5) is 8.69. The van der Waals surface area contributed by atoms with Gasteiger partial charge in [-0.2, -0.15) is 0 Å². The molecule has 2 heterocycles. The summed E-state index contributed by atoms with van der Waals surface area (Å²) >= 11 is 7.52. The zero-order valence-electron chi connectivity index (χ0n) is 11.3. The molecule has 21 heavy (non-hydrogen) atoms. The summed E-state index contributed by atoms with van der Waals surface area (Å²) in [6.07, 6.45) is 2.78. The van der Waals surface area contributed by atoms with Crippen LogP contribution in [0.15, 0.2) is 53.5 Å². The molecule has 0 saturated heterocycles. The van der Waals surface area contributed by atoms with E-state index >= 15 is 0 Å². The van der Waals surface area contributed by atoms with Crippen molar-refractivity contribution >= 4 is 28.8 Å². The molecule has 0 aliphatic rings. The van der Waals surface area contributed by atoms with E-state index in [1.807, 2.05) is 42.0 Å². The minimum absolute atomic E-state index is 0.743. The molecule has 1 N–H and O–H groups in total. The van der Waals surface area contributed by atoms with Crippen LogP contribution in [-0.4, -0.2) is 16.5 Å². The number of thiazole rings is 1. The molecular weight excluding hydrogens is 302 g/mol. The number of nitrogens with zero attached hydrogens (tertiary/aromatic N) is 2. The van der Waals surface area contributed by atoms with E-state index in [1.165, 1.54) is 0 Å². The summed E-state index contributed by atoms with van der Waals surface area (Å²) in [5.74, 6) is 0.878. The maximum Gasteiger partial charge on any atom is 0.125 e. The highest BCUT2D eigenvalue weighted by molar-refractivity contribution is 7.07. The Kier molecular flexibility index (Phi) is 4.48. The van der Waals surface area contributed by atoms with Gasteiger partial charge < -0.3 is 5.32 Å². The van der Waals surface area contributed by atoms with Crippen LogP contribution in [0.1, 0.15) is 5.69 Å². The lowest BCUT2D eigenvalue weighted by molar-refractivity contribution is 0.968. The van der Waals surface area contributed by atoms with Crippen molar-refractivity contribution in [2.24, 2.45) is 0 Å². The van der Waals surface area contributed by atoms with Crippen LogP contribution < -0.4 is 5.32 Å². The number of nitrogens with one attached hydrogen (secondary N) is 1. The monoisotopic (exact) mass is 315 g/mol. The van der Waals surface area contributed by atoms with E-state index in [2.05, 4.69) is 26.7 Å². The Labute approximate surface area is 132 Å². The third-order valence-corrected chi connectivity index (χ3v) is 4.00. The first-order valence-corrected chi connectivity index (χ1v) is 7.96. The predicted molar refractivity (Wildman–Crippen MR) is 89.0 cm³/mol. The van der Waals surface area contributed by atoms with Gasteiger partial charge in [-0.05, 0) is 29.8 Å². The zero-order valence-corrected chi connectivity index (χ0v) is 12.9. The zero-order chi connectivity index (χ0) is 14.5. The number of pyridine rings is 1. The lowest BCUT2D eigenvalue weighted by Crippen LogP contribution is -2.06. The first kappa shape index (κ1) is 14.0. The second-order valence-corrected chi connectivity index (χ2v) is 5.75. The van der Waals surface area contributed by atoms with Crippen LogP contribution in [0.5, 0.6) is 0 Å². The molecule has 106 valence electrons. The number of hydrogen-bond acceptors (Lipinski definition) is 4. The maximum atomic E-state index is 5.89. The lowest BCUT2D eigenvalue weighted by atomic mass is 10.1. The number of benzene rings is 1. The van der Waals surface area contributed by atoms with Gasteiger partial charge in [-0.3, -0.25) is 0 Å². The Balaban J connectivity index is 1.60. The number of anilines is 1. The van der Waals surface area contributed by atoms with Crippen molar-refractivity contribution in [3.05, 3.63) is 64.2 Å². The average molecular weight is 316 g/mol. The van der Waals surface area contributed by atoms with Gasteiger partial charge in [0.1, 0.15) is 5.82 Å². The van der Waals surface area contributed by atoms with Gasteiger partial charge in [0.25, 0.3) is 0 Å². The molecule has 1 aromatic carbocycles. The molecule has 5 heteroatoms. The van der Waals surface area contributed by atoms with Gasteiger partial charge >= 0.3 is 0 Å². The van der Waals surface area contributed by atoms with E-state index < -0.39 is 0 Å². The first-order chi connectivity index (χ1) is 10.3. The second-order valence-electron chi connectivity index (χ2n) is 4.60. The van der Waals surface area contributed by atoms with E-state index in [-0.39, 0.29) is 0 Å². The minimum Gasteiger partial charge on any atom is -0.370 e. The molecule has 0 aliphatic heterocycles. The van der Waals surface area contributed by atoms with Gasteiger partial charge in [0, 0.05) is 35.1 Å². The van der Waals surface area contributed by atoms with Crippen LogP contribution in [0, 0.1) is 0 Å². The van der Waals surface area contributed by atoms with Gasteiger partial charge in [0.15, 0.2) is 0 Å². The lowest BCUT2D eigenvalue weighted by Gasteiger charge is -2.06. The van der Waals surface area contributed by atoms with E-state index in [0.29, 0.717) is 0 Å². The van der Waals surface area contributed by atoms with Crippen molar-refractivity contribution < 1.29 is 0 Å². The summed E-state index contributed by atoms with van der Waals surface area (Å²) in [6.45, 7) is 0.830. The Morgan fingerprint density at radius 1 is 1.00 bits per heavy atom. The van der Waals surface area contributed by atoms with Crippen molar-refractivity contribution in [1.29, 1.82) is 0 Å². The molecule has 0 spiro atoms. The highest BCUT2D eigenvalue weighted by atomic mass is 35.5. The highest BCUT2D eigenvalue weighted by Gasteiger charge is 2.00. The van der Waals surface area contributed by atoms with Gasteiger partial charge in [0.05, 0.1) is 11.2 Å². The summed E-state index contributed by atoms with van der Waals surface area (Å²) in [5, 5.41) is 6.11. The van der Waals surface area contributed by atoms with Crippen LogP contribution in [0.25, 0.3) is 11.1 Å². The van der Waals surface area contributed by atoms with E-state index in [9.17, 15) is 0 Å². The highest BCUT2D eigenvalue weighted by Crippen LogP contribution is 2.21. The summed E-state index contributed by atoms with van der Waals surface area (Å²) in [5.41, 5.74) is 5.16. The third kappa shape index (κ3) is 3.80. The van der Waals surface area contributed by atoms with Gasteiger partial charge in [-0.15, -0.1) is 11.3 Å². The molecule has 2 aromatic heterocycles. The molecule has 0 saturated carbocycles. The normalized spacial score (nSPS) is 10.5. The quantitative estimate of drug-likeness (QED) is 0.752. The van der Waals surface area contributed by atoms with Crippen LogP contribution in [0.2, 0.25) is 5.02 Å². The van der Waals surface area contributed by atoms with Crippen LogP contribution >= 0.6 is 22.9 Å². The molecule has 0 aliphatic carbocycles. The fourth-order valence-electron chi connectivity index (χ4n) is 1.99. The van der Waals surface area contributed by atoms with Crippen LogP contribution in [0.3, 0.4) is 0 Å². The van der Waals surface area contributed by atoms with Crippen molar-refractivity contribution in [2.75, 3.05) is 11.9 Å². The summed E-state index contributed by atoms with van der Waals surface area (Å²) < 4.78 is 0. The van der Waals surface area contributed by atoms with Crippen molar-refractivity contribution in [3.8, 4) is 11.1 Å². The molecule has 0 bridgehead atoms. The average Bonchev–Trinajstić information content (AvgIpc) is 3.02. The smallest absolute Gasteiger partial charge is 0.125 e. The van der Waals surface area contributed by atoms with Crippen molar-refractivity contribution in [2.45, 2.75) is 6.42 Å². The molecule has 0 radical (unpaired) electrons. The molecule has 0 fully saturated rings. The molecule has 0 atom stereocenters. The fourth-order valence-corrected chi connectivity index (χ4v) is 2.71. The largest absolute Gasteiger partial charge is 0.370 e. The van der Waals surface area contributed by atoms with Crippen molar-refractivity contribution in [1.82, 2.24) is 9.97 Å². The fraction of sp³-hybridized carbons (Fsp3) is 0.125. The van der Waals surface area contributed by atoms with Gasteiger partial charge in [-0.25, -0.2) is 9.97 Å². The topological polar surface area (TPSA) is 37.8 Å². The van der Waals surface area contributed by atoms with Crippen LogP contribution in [0.4, 0.5) is 5.82 Å². The molecule has 3 aromatic rings. The molecule has 3 nitrogen and oxygen atoms in total. The molecule has 0 amide bonds. The standard InChI is InChI=1S/C16H14ClN3S/c17-14-4-1-12(2-5-14)13-3-6-16(19-9-13)18-8-7-15-10-21-11-20-15/h1-6,9-11H,7-8H2,(H,18,19). The number of aromatic nitrogens is 2. The summed E-state index contributed by atoms with van der Waals surface area (Å²) in [7, 11) is 0. The Hall–Kier alpha value is -1.91. The SMILES string of the molecule is Clc1ccc(-c2ccc(NCCc3cscn3)nc2)cc1. The maximum absolute atomic E-state index is 5.89. The number of hydrogen-bond donors (Lipinski definition) is 1. The van der Waals surface area contributed by atoms with E-state index in [1.54, 1.807) is 11.3 Å². The van der Waals surface area contributed by atoms with Crippen LogP contribution in [-0.2, 0) is 6.42 Å². The first-order valence-electron chi connectivity index (χ1n) is 6.64. The predicted octanol–water partition coefficient (Wildman–Crippen LogP) is 4.51. The number of halogens is 1. The third-order valence-electron chi connectivity index (χ3n) is 3.11. The second kappa shape index (κ2) is 6.70. The van der Waals surface area contributed by atoms with Gasteiger partial charge in [-0.1, -0.05) is 23.7 Å². The van der Waals surface area contributed by atoms with E-state index in [0.717, 1.165) is 40.6 Å². The Morgan fingerprint density at radius 3 is 2.48 bits per heavy atom. The Bertz CT molecular complexity index is 679. The Morgan fingerprint density at radius 2 is 1.81 bits per heavy atom. The minimum atomic E-state index is 0.743. The molecule has 3 rings (SSSR count). The van der Waals surface area contributed by atoms with Crippen molar-refractivity contribution in [3.63, 3.8) is 0 Å². The number of rotatable bonds is 5. The summed E-state index contributed by atoms with van der Waals surface area (Å²) in [6, 6.07) is 11.8. The van der Waals surface area contributed by atoms with E-state index in [4.69, 9.17) is 11.6 Å². The van der Waals surface area contributed by atoms with Gasteiger partial charge in [0.2, 0.25) is 0 Å².